The van der Waals surface area contributed by atoms with Crippen molar-refractivity contribution in [3.05, 3.63) is 102 Å². The van der Waals surface area contributed by atoms with Crippen molar-refractivity contribution >= 4 is 17.6 Å². The second-order valence-corrected chi connectivity index (χ2v) is 8.22. The van der Waals surface area contributed by atoms with Crippen LogP contribution < -0.4 is 10.6 Å². The van der Waals surface area contributed by atoms with Crippen LogP contribution in [0.4, 0.5) is 10.5 Å². The molecule has 0 radical (unpaired) electrons. The first kappa shape index (κ1) is 21.6. The standard InChI is InChI=1S/C27H29N3O2/c31-26(23-16-18-30(19-17-23)27(32)28-24-14-8-3-9-15-24)29-25(22-12-6-2-7-13-22)20-21-10-4-1-5-11-21/h1-15,23,25H,16-20H2,(H,28,32)(H,29,31)/t25-/m1/s1. The number of hydrogen-bond acceptors (Lipinski definition) is 2. The molecule has 3 aromatic carbocycles. The third-order valence-electron chi connectivity index (χ3n) is 5.98. The van der Waals surface area contributed by atoms with E-state index in [9.17, 15) is 9.59 Å². The number of benzene rings is 3. The van der Waals surface area contributed by atoms with E-state index < -0.39 is 0 Å². The Morgan fingerprint density at radius 2 is 1.38 bits per heavy atom. The molecule has 0 bridgehead atoms. The molecule has 1 saturated heterocycles. The molecule has 5 heteroatoms. The maximum Gasteiger partial charge on any atom is 0.321 e. The summed E-state index contributed by atoms with van der Waals surface area (Å²) in [6.45, 7) is 1.15. The van der Waals surface area contributed by atoms with E-state index in [1.54, 1.807) is 4.90 Å². The second kappa shape index (κ2) is 10.6. The minimum atomic E-state index is -0.110. The van der Waals surface area contributed by atoms with Crippen LogP contribution >= 0.6 is 0 Å². The van der Waals surface area contributed by atoms with Crippen LogP contribution in [0.2, 0.25) is 0 Å². The van der Waals surface area contributed by atoms with Crippen molar-refractivity contribution in [2.24, 2.45) is 5.92 Å². The van der Waals surface area contributed by atoms with Gasteiger partial charge < -0.3 is 15.5 Å². The normalized spacial score (nSPS) is 15.1. The van der Waals surface area contributed by atoms with E-state index in [0.717, 1.165) is 17.7 Å². The number of para-hydroxylation sites is 1. The molecule has 0 aliphatic carbocycles. The van der Waals surface area contributed by atoms with Crippen molar-refractivity contribution in [3.63, 3.8) is 0 Å². The van der Waals surface area contributed by atoms with Crippen LogP contribution in [0.1, 0.15) is 30.0 Å². The number of carbonyl (C=O) groups excluding carboxylic acids is 2. The predicted molar refractivity (Wildman–Crippen MR) is 127 cm³/mol. The smallest absolute Gasteiger partial charge is 0.321 e. The number of nitrogens with zero attached hydrogens (tertiary/aromatic N) is 1. The molecular weight excluding hydrogens is 398 g/mol. The zero-order chi connectivity index (χ0) is 22.2. The summed E-state index contributed by atoms with van der Waals surface area (Å²) in [5.74, 6) is -0.0179. The maximum atomic E-state index is 13.1. The van der Waals surface area contributed by atoms with Crippen molar-refractivity contribution in [2.45, 2.75) is 25.3 Å². The van der Waals surface area contributed by atoms with Crippen molar-refractivity contribution in [3.8, 4) is 0 Å². The van der Waals surface area contributed by atoms with E-state index in [2.05, 4.69) is 34.9 Å². The lowest BCUT2D eigenvalue weighted by molar-refractivity contribution is -0.127. The summed E-state index contributed by atoms with van der Waals surface area (Å²) in [5, 5.41) is 6.20. The highest BCUT2D eigenvalue weighted by molar-refractivity contribution is 5.89. The Hall–Kier alpha value is -3.60. The van der Waals surface area contributed by atoms with Crippen molar-refractivity contribution in [1.29, 1.82) is 0 Å². The number of anilines is 1. The van der Waals surface area contributed by atoms with Crippen LogP contribution in [-0.2, 0) is 11.2 Å². The number of likely N-dealkylation sites (tertiary alicyclic amines) is 1. The van der Waals surface area contributed by atoms with Gasteiger partial charge in [-0.2, -0.15) is 0 Å². The minimum Gasteiger partial charge on any atom is -0.349 e. The third kappa shape index (κ3) is 5.76. The second-order valence-electron chi connectivity index (χ2n) is 8.22. The fraction of sp³-hybridized carbons (Fsp3) is 0.259. The van der Waals surface area contributed by atoms with Crippen molar-refractivity contribution in [2.75, 3.05) is 18.4 Å². The highest BCUT2D eigenvalue weighted by Crippen LogP contribution is 2.23. The summed E-state index contributed by atoms with van der Waals surface area (Å²) < 4.78 is 0. The molecule has 164 valence electrons. The number of piperidine rings is 1. The first-order chi connectivity index (χ1) is 15.7. The molecule has 1 heterocycles. The highest BCUT2D eigenvalue weighted by atomic mass is 16.2. The van der Waals surface area contributed by atoms with Gasteiger partial charge in [-0.15, -0.1) is 0 Å². The van der Waals surface area contributed by atoms with Crippen LogP contribution in [0.25, 0.3) is 0 Å². The van der Waals surface area contributed by atoms with Gasteiger partial charge in [-0.3, -0.25) is 4.79 Å². The van der Waals surface area contributed by atoms with Gasteiger partial charge in [-0.25, -0.2) is 4.79 Å². The Bertz CT molecular complexity index is 1000. The van der Waals surface area contributed by atoms with Crippen molar-refractivity contribution in [1.82, 2.24) is 10.2 Å². The fourth-order valence-electron chi connectivity index (χ4n) is 4.15. The lowest BCUT2D eigenvalue weighted by atomic mass is 9.93. The predicted octanol–water partition coefficient (Wildman–Crippen LogP) is 5.03. The SMILES string of the molecule is O=C(N[C@H](Cc1ccccc1)c1ccccc1)C1CCN(C(=O)Nc2ccccc2)CC1. The van der Waals surface area contributed by atoms with Gasteiger partial charge in [0.1, 0.15) is 0 Å². The first-order valence-electron chi connectivity index (χ1n) is 11.2. The molecule has 1 atom stereocenters. The summed E-state index contributed by atoms with van der Waals surface area (Å²) in [6.07, 6.45) is 2.08. The van der Waals surface area contributed by atoms with Gasteiger partial charge in [-0.05, 0) is 42.5 Å². The van der Waals surface area contributed by atoms with Gasteiger partial charge >= 0.3 is 6.03 Å². The van der Waals surface area contributed by atoms with Gasteiger partial charge in [0.2, 0.25) is 5.91 Å². The topological polar surface area (TPSA) is 61.4 Å². The van der Waals surface area contributed by atoms with Crippen LogP contribution in [0, 0.1) is 5.92 Å². The number of nitrogens with one attached hydrogen (secondary N) is 2. The number of hydrogen-bond donors (Lipinski definition) is 2. The molecule has 5 nitrogen and oxygen atoms in total. The van der Waals surface area contributed by atoms with E-state index in [4.69, 9.17) is 0 Å². The molecule has 2 N–H and O–H groups in total. The Morgan fingerprint density at radius 1 is 0.812 bits per heavy atom. The molecule has 0 saturated carbocycles. The van der Waals surface area contributed by atoms with E-state index in [0.29, 0.717) is 25.9 Å². The molecule has 1 aliphatic heterocycles. The third-order valence-corrected chi connectivity index (χ3v) is 5.98. The van der Waals surface area contributed by atoms with E-state index in [1.165, 1.54) is 5.56 Å². The number of urea groups is 1. The average Bonchev–Trinajstić information content (AvgIpc) is 2.85. The number of rotatable bonds is 6. The fourth-order valence-corrected chi connectivity index (χ4v) is 4.15. The first-order valence-corrected chi connectivity index (χ1v) is 11.2. The summed E-state index contributed by atoms with van der Waals surface area (Å²) in [7, 11) is 0. The van der Waals surface area contributed by atoms with E-state index >= 15 is 0 Å². The monoisotopic (exact) mass is 427 g/mol. The van der Waals surface area contributed by atoms with Crippen LogP contribution in [0.15, 0.2) is 91.0 Å². The summed E-state index contributed by atoms with van der Waals surface area (Å²) in [5.41, 5.74) is 3.07. The van der Waals surface area contributed by atoms with Crippen LogP contribution in [0.5, 0.6) is 0 Å². The summed E-state index contributed by atoms with van der Waals surface area (Å²) in [4.78, 5) is 27.4. The lowest BCUT2D eigenvalue weighted by Gasteiger charge is -2.32. The molecule has 3 aromatic rings. The van der Waals surface area contributed by atoms with Crippen LogP contribution in [-0.4, -0.2) is 29.9 Å². The molecule has 3 amide bonds. The quantitative estimate of drug-likeness (QED) is 0.580. The zero-order valence-corrected chi connectivity index (χ0v) is 18.1. The van der Waals surface area contributed by atoms with Crippen LogP contribution in [0.3, 0.4) is 0 Å². The Kier molecular flexibility index (Phi) is 7.18. The Labute approximate surface area is 189 Å². The summed E-state index contributed by atoms with van der Waals surface area (Å²) in [6, 6.07) is 29.6. The number of amides is 3. The molecule has 1 fully saturated rings. The summed E-state index contributed by atoms with van der Waals surface area (Å²) >= 11 is 0. The zero-order valence-electron chi connectivity index (χ0n) is 18.1. The Balaban J connectivity index is 1.34. The number of carbonyl (C=O) groups is 2. The molecule has 0 aromatic heterocycles. The average molecular weight is 428 g/mol. The van der Waals surface area contributed by atoms with E-state index in [1.807, 2.05) is 66.7 Å². The van der Waals surface area contributed by atoms with Crippen molar-refractivity contribution < 1.29 is 9.59 Å². The molecule has 32 heavy (non-hydrogen) atoms. The van der Waals surface area contributed by atoms with Gasteiger partial charge in [0.25, 0.3) is 0 Å². The maximum absolute atomic E-state index is 13.1. The molecule has 0 spiro atoms. The molecule has 1 aliphatic rings. The van der Waals surface area contributed by atoms with Gasteiger partial charge in [0.05, 0.1) is 6.04 Å². The highest BCUT2D eigenvalue weighted by Gasteiger charge is 2.29. The largest absolute Gasteiger partial charge is 0.349 e. The minimum absolute atomic E-state index is 0.0675. The van der Waals surface area contributed by atoms with Gasteiger partial charge in [-0.1, -0.05) is 78.9 Å². The van der Waals surface area contributed by atoms with Gasteiger partial charge in [0.15, 0.2) is 0 Å². The molecule has 4 rings (SSSR count). The Morgan fingerprint density at radius 3 is 2.00 bits per heavy atom. The molecular formula is C27H29N3O2. The molecule has 0 unspecified atom stereocenters. The van der Waals surface area contributed by atoms with E-state index in [-0.39, 0.29) is 23.9 Å². The lowest BCUT2D eigenvalue weighted by Crippen LogP contribution is -2.45. The van der Waals surface area contributed by atoms with Gasteiger partial charge in [0, 0.05) is 24.7 Å².